The molecule has 66 valence electrons. The van der Waals surface area contributed by atoms with Gasteiger partial charge in [0.1, 0.15) is 11.3 Å². The van der Waals surface area contributed by atoms with E-state index in [1.54, 1.807) is 29.9 Å². The highest BCUT2D eigenvalue weighted by molar-refractivity contribution is 7.09. The van der Waals surface area contributed by atoms with Crippen molar-refractivity contribution < 1.29 is 0 Å². The lowest BCUT2D eigenvalue weighted by molar-refractivity contribution is 1.08. The summed E-state index contributed by atoms with van der Waals surface area (Å²) in [6.07, 6.45) is 6.78. The minimum absolute atomic E-state index is 0.727. The molecule has 0 aliphatic heterocycles. The summed E-state index contributed by atoms with van der Waals surface area (Å²) in [5.41, 5.74) is 0.915. The highest BCUT2D eigenvalue weighted by Gasteiger charge is 1.94. The Morgan fingerprint density at radius 3 is 2.85 bits per heavy atom. The normalized spacial score (nSPS) is 9.85. The lowest BCUT2D eigenvalue weighted by Gasteiger charge is -2.00. The average Bonchev–Trinajstić information content (AvgIpc) is 2.69. The first kappa shape index (κ1) is 8.12. The van der Waals surface area contributed by atoms with Crippen LogP contribution < -0.4 is 5.32 Å². The molecule has 0 atom stereocenters. The molecule has 0 saturated carbocycles. The van der Waals surface area contributed by atoms with Crippen molar-refractivity contribution >= 4 is 17.0 Å². The van der Waals surface area contributed by atoms with Gasteiger partial charge in [-0.3, -0.25) is 0 Å². The fourth-order valence-corrected chi connectivity index (χ4v) is 1.46. The minimum atomic E-state index is 0.727. The van der Waals surface area contributed by atoms with E-state index in [1.165, 1.54) is 6.33 Å². The molecule has 0 aromatic carbocycles. The van der Waals surface area contributed by atoms with Crippen molar-refractivity contribution in [2.24, 2.45) is 0 Å². The van der Waals surface area contributed by atoms with Gasteiger partial charge in [0.05, 0.1) is 24.6 Å². The average molecular weight is 192 g/mol. The van der Waals surface area contributed by atoms with Gasteiger partial charge in [-0.05, 0) is 0 Å². The monoisotopic (exact) mass is 192 g/mol. The van der Waals surface area contributed by atoms with Crippen LogP contribution in [0.2, 0.25) is 0 Å². The second-order valence-corrected chi connectivity index (χ2v) is 3.39. The highest BCUT2D eigenvalue weighted by atomic mass is 32.1. The molecule has 0 radical (unpaired) electrons. The summed E-state index contributed by atoms with van der Waals surface area (Å²) in [6.45, 7) is 0.727. The molecule has 0 aliphatic rings. The van der Waals surface area contributed by atoms with Crippen LogP contribution in [-0.4, -0.2) is 15.0 Å². The summed E-state index contributed by atoms with van der Waals surface area (Å²) in [6, 6.07) is 0. The second-order valence-electron chi connectivity index (χ2n) is 2.41. The zero-order chi connectivity index (χ0) is 8.93. The molecule has 0 aliphatic carbocycles. The van der Waals surface area contributed by atoms with E-state index in [9.17, 15) is 0 Å². The van der Waals surface area contributed by atoms with E-state index in [0.29, 0.717) is 0 Å². The second kappa shape index (κ2) is 3.95. The molecule has 0 saturated heterocycles. The van der Waals surface area contributed by atoms with Crippen LogP contribution in [-0.2, 0) is 6.54 Å². The van der Waals surface area contributed by atoms with Crippen molar-refractivity contribution in [1.82, 2.24) is 15.0 Å². The number of hydrogen-bond donors (Lipinski definition) is 1. The van der Waals surface area contributed by atoms with Crippen LogP contribution in [0.25, 0.3) is 0 Å². The van der Waals surface area contributed by atoms with Crippen LogP contribution in [0.5, 0.6) is 0 Å². The Bertz CT molecular complexity index is 346. The van der Waals surface area contributed by atoms with Crippen LogP contribution in [0.15, 0.2) is 30.3 Å². The van der Waals surface area contributed by atoms with Crippen molar-refractivity contribution in [3.05, 3.63) is 35.3 Å². The summed E-state index contributed by atoms with van der Waals surface area (Å²) >= 11 is 1.63. The zero-order valence-electron chi connectivity index (χ0n) is 6.84. The Morgan fingerprint density at radius 2 is 2.15 bits per heavy atom. The molecule has 2 aromatic heterocycles. The lowest BCUT2D eigenvalue weighted by atomic mass is 10.5. The molecule has 13 heavy (non-hydrogen) atoms. The van der Waals surface area contributed by atoms with E-state index in [4.69, 9.17) is 0 Å². The SMILES string of the molecule is c1ncc(NCc2nccs2)cn1. The number of nitrogens with zero attached hydrogens (tertiary/aromatic N) is 3. The van der Waals surface area contributed by atoms with Gasteiger partial charge in [-0.2, -0.15) is 0 Å². The fourth-order valence-electron chi connectivity index (χ4n) is 0.908. The van der Waals surface area contributed by atoms with E-state index >= 15 is 0 Å². The number of rotatable bonds is 3. The Labute approximate surface area is 79.7 Å². The topological polar surface area (TPSA) is 50.7 Å². The van der Waals surface area contributed by atoms with Gasteiger partial charge in [0.15, 0.2) is 0 Å². The predicted octanol–water partition coefficient (Wildman–Crippen LogP) is 1.55. The number of anilines is 1. The van der Waals surface area contributed by atoms with Gasteiger partial charge in [-0.25, -0.2) is 15.0 Å². The van der Waals surface area contributed by atoms with Gasteiger partial charge < -0.3 is 5.32 Å². The summed E-state index contributed by atoms with van der Waals surface area (Å²) < 4.78 is 0. The van der Waals surface area contributed by atoms with Gasteiger partial charge in [-0.15, -0.1) is 11.3 Å². The molecular formula is C8H8N4S. The zero-order valence-corrected chi connectivity index (χ0v) is 7.66. The minimum Gasteiger partial charge on any atom is -0.376 e. The summed E-state index contributed by atoms with van der Waals surface area (Å²) in [5, 5.41) is 6.19. The third-order valence-corrected chi connectivity index (χ3v) is 2.27. The molecular weight excluding hydrogens is 184 g/mol. The highest BCUT2D eigenvalue weighted by Crippen LogP contribution is 2.07. The van der Waals surface area contributed by atoms with Crippen LogP contribution in [0.4, 0.5) is 5.69 Å². The van der Waals surface area contributed by atoms with E-state index in [0.717, 1.165) is 17.2 Å². The predicted molar refractivity (Wildman–Crippen MR) is 51.5 cm³/mol. The number of thiazole rings is 1. The summed E-state index contributed by atoms with van der Waals surface area (Å²) in [5.74, 6) is 0. The smallest absolute Gasteiger partial charge is 0.115 e. The number of aromatic nitrogens is 3. The van der Waals surface area contributed by atoms with Crippen LogP contribution in [0, 0.1) is 0 Å². The van der Waals surface area contributed by atoms with E-state index in [-0.39, 0.29) is 0 Å². The van der Waals surface area contributed by atoms with Crippen LogP contribution in [0.1, 0.15) is 5.01 Å². The van der Waals surface area contributed by atoms with Crippen molar-refractivity contribution in [3.63, 3.8) is 0 Å². The molecule has 0 unspecified atom stereocenters. The molecule has 0 amide bonds. The van der Waals surface area contributed by atoms with E-state index < -0.39 is 0 Å². The molecule has 5 heteroatoms. The Hall–Kier alpha value is -1.49. The Kier molecular flexibility index (Phi) is 2.47. The fraction of sp³-hybridized carbons (Fsp3) is 0.125. The van der Waals surface area contributed by atoms with Gasteiger partial charge >= 0.3 is 0 Å². The van der Waals surface area contributed by atoms with Crippen molar-refractivity contribution in [2.75, 3.05) is 5.32 Å². The first-order chi connectivity index (χ1) is 6.45. The van der Waals surface area contributed by atoms with Crippen LogP contribution >= 0.6 is 11.3 Å². The molecule has 4 nitrogen and oxygen atoms in total. The quantitative estimate of drug-likeness (QED) is 0.801. The molecule has 2 heterocycles. The number of nitrogens with one attached hydrogen (secondary N) is 1. The van der Waals surface area contributed by atoms with Gasteiger partial charge in [0, 0.05) is 11.6 Å². The molecule has 0 fully saturated rings. The van der Waals surface area contributed by atoms with Gasteiger partial charge in [0.2, 0.25) is 0 Å². The molecule has 1 N–H and O–H groups in total. The standard InChI is InChI=1S/C8H8N4S/c1-2-13-8(11-1)5-12-7-3-9-6-10-4-7/h1-4,6,12H,5H2. The van der Waals surface area contributed by atoms with Crippen LogP contribution in [0.3, 0.4) is 0 Å². The maximum Gasteiger partial charge on any atom is 0.115 e. The van der Waals surface area contributed by atoms with Gasteiger partial charge in [0.25, 0.3) is 0 Å². The third kappa shape index (κ3) is 2.22. The van der Waals surface area contributed by atoms with Crippen molar-refractivity contribution in [3.8, 4) is 0 Å². The summed E-state index contributed by atoms with van der Waals surface area (Å²) in [4.78, 5) is 11.9. The van der Waals surface area contributed by atoms with Gasteiger partial charge in [-0.1, -0.05) is 0 Å². The molecule has 2 aromatic rings. The Morgan fingerprint density at radius 1 is 1.31 bits per heavy atom. The maximum absolute atomic E-state index is 4.15. The molecule has 2 rings (SSSR count). The summed E-state index contributed by atoms with van der Waals surface area (Å²) in [7, 11) is 0. The first-order valence-corrected chi connectivity index (χ1v) is 4.70. The lowest BCUT2D eigenvalue weighted by Crippen LogP contribution is -1.99. The first-order valence-electron chi connectivity index (χ1n) is 3.82. The van der Waals surface area contributed by atoms with Crippen molar-refractivity contribution in [1.29, 1.82) is 0 Å². The largest absolute Gasteiger partial charge is 0.376 e. The Balaban J connectivity index is 1.94. The van der Waals surface area contributed by atoms with E-state index in [1.807, 2.05) is 5.38 Å². The molecule has 0 spiro atoms. The van der Waals surface area contributed by atoms with Crippen molar-refractivity contribution in [2.45, 2.75) is 6.54 Å². The third-order valence-electron chi connectivity index (χ3n) is 1.49. The molecule has 0 bridgehead atoms. The number of hydrogen-bond acceptors (Lipinski definition) is 5. The van der Waals surface area contributed by atoms with E-state index in [2.05, 4.69) is 20.3 Å². The maximum atomic E-state index is 4.15.